The minimum absolute atomic E-state index is 0.374. The molecule has 0 bridgehead atoms. The lowest BCUT2D eigenvalue weighted by Crippen LogP contribution is -2.52. The summed E-state index contributed by atoms with van der Waals surface area (Å²) in [5, 5.41) is 16.0. The Balaban J connectivity index is 2.14. The lowest BCUT2D eigenvalue weighted by molar-refractivity contribution is -0.144. The second-order valence-corrected chi connectivity index (χ2v) is 5.34. The topological polar surface area (TPSA) is 84.2 Å². The standard InChI is InChI=1S/C16H19N3O3/c1-3-9-16(2,15(21)22)18-14(20)12-5-7-13(8-6-12)19-11-4-10-17-19/h4-8,10-11H,3,9H2,1-2H3,(H,18,20)(H,21,22). The highest BCUT2D eigenvalue weighted by Crippen LogP contribution is 2.15. The predicted octanol–water partition coefficient (Wildman–Crippen LogP) is 2.25. The van der Waals surface area contributed by atoms with Crippen molar-refractivity contribution in [3.05, 3.63) is 48.3 Å². The average molecular weight is 301 g/mol. The predicted molar refractivity (Wildman–Crippen MR) is 82.0 cm³/mol. The molecule has 0 aliphatic rings. The molecule has 0 saturated heterocycles. The molecule has 1 amide bonds. The zero-order valence-electron chi connectivity index (χ0n) is 12.6. The van der Waals surface area contributed by atoms with Gasteiger partial charge in [0.2, 0.25) is 0 Å². The minimum Gasteiger partial charge on any atom is -0.480 e. The molecule has 0 aliphatic heterocycles. The van der Waals surface area contributed by atoms with E-state index >= 15 is 0 Å². The first-order valence-corrected chi connectivity index (χ1v) is 7.12. The lowest BCUT2D eigenvalue weighted by atomic mass is 9.95. The van der Waals surface area contributed by atoms with Crippen molar-refractivity contribution >= 4 is 11.9 Å². The summed E-state index contributed by atoms with van der Waals surface area (Å²) in [6.07, 6.45) is 4.52. The molecule has 0 fully saturated rings. The Labute approximate surface area is 128 Å². The molecular formula is C16H19N3O3. The van der Waals surface area contributed by atoms with Crippen LogP contribution < -0.4 is 5.32 Å². The van der Waals surface area contributed by atoms with Gasteiger partial charge in [-0.2, -0.15) is 5.10 Å². The zero-order chi connectivity index (χ0) is 16.2. The van der Waals surface area contributed by atoms with Crippen molar-refractivity contribution in [2.24, 2.45) is 0 Å². The van der Waals surface area contributed by atoms with Crippen LogP contribution in [-0.2, 0) is 4.79 Å². The molecule has 1 aromatic carbocycles. The lowest BCUT2D eigenvalue weighted by Gasteiger charge is -2.25. The van der Waals surface area contributed by atoms with Gasteiger partial charge in [-0.3, -0.25) is 4.79 Å². The molecule has 6 nitrogen and oxygen atoms in total. The average Bonchev–Trinajstić information content (AvgIpc) is 3.01. The number of amides is 1. The van der Waals surface area contributed by atoms with Crippen LogP contribution in [-0.4, -0.2) is 32.3 Å². The number of carboxylic acid groups (broad SMARTS) is 1. The number of nitrogens with one attached hydrogen (secondary N) is 1. The summed E-state index contributed by atoms with van der Waals surface area (Å²) in [7, 11) is 0. The molecule has 0 saturated carbocycles. The summed E-state index contributed by atoms with van der Waals surface area (Å²) in [5.74, 6) is -1.43. The van der Waals surface area contributed by atoms with Crippen LogP contribution in [0.15, 0.2) is 42.7 Å². The van der Waals surface area contributed by atoms with Crippen LogP contribution in [0.2, 0.25) is 0 Å². The van der Waals surface area contributed by atoms with Crippen LogP contribution >= 0.6 is 0 Å². The summed E-state index contributed by atoms with van der Waals surface area (Å²) in [6, 6.07) is 8.64. The van der Waals surface area contributed by atoms with Crippen molar-refractivity contribution in [2.75, 3.05) is 0 Å². The fourth-order valence-electron chi connectivity index (χ4n) is 2.23. The normalized spacial score (nSPS) is 13.4. The third-order valence-corrected chi connectivity index (χ3v) is 3.51. The van der Waals surface area contributed by atoms with Gasteiger partial charge in [0.05, 0.1) is 5.69 Å². The van der Waals surface area contributed by atoms with Crippen LogP contribution in [0.4, 0.5) is 0 Å². The second-order valence-electron chi connectivity index (χ2n) is 5.34. The van der Waals surface area contributed by atoms with E-state index in [-0.39, 0.29) is 0 Å². The maximum Gasteiger partial charge on any atom is 0.329 e. The minimum atomic E-state index is -1.26. The first-order valence-electron chi connectivity index (χ1n) is 7.12. The van der Waals surface area contributed by atoms with Gasteiger partial charge in [0.15, 0.2) is 0 Å². The van der Waals surface area contributed by atoms with Crippen molar-refractivity contribution in [1.29, 1.82) is 0 Å². The van der Waals surface area contributed by atoms with E-state index in [1.807, 2.05) is 13.0 Å². The molecule has 0 aliphatic carbocycles. The van der Waals surface area contributed by atoms with Crippen LogP contribution in [0.5, 0.6) is 0 Å². The van der Waals surface area contributed by atoms with E-state index in [4.69, 9.17) is 0 Å². The molecule has 1 aromatic heterocycles. The number of carbonyl (C=O) groups is 2. The molecule has 1 heterocycles. The van der Waals surface area contributed by atoms with Crippen molar-refractivity contribution in [1.82, 2.24) is 15.1 Å². The smallest absolute Gasteiger partial charge is 0.329 e. The van der Waals surface area contributed by atoms with E-state index in [0.717, 1.165) is 5.69 Å². The number of aliphatic carboxylic acids is 1. The van der Waals surface area contributed by atoms with E-state index in [0.29, 0.717) is 18.4 Å². The van der Waals surface area contributed by atoms with E-state index < -0.39 is 17.4 Å². The monoisotopic (exact) mass is 301 g/mol. The molecule has 0 spiro atoms. The van der Waals surface area contributed by atoms with Gasteiger partial charge >= 0.3 is 5.97 Å². The van der Waals surface area contributed by atoms with E-state index in [2.05, 4.69) is 10.4 Å². The highest BCUT2D eigenvalue weighted by molar-refractivity contribution is 5.97. The van der Waals surface area contributed by atoms with Crippen molar-refractivity contribution in [3.63, 3.8) is 0 Å². The van der Waals surface area contributed by atoms with Crippen LogP contribution in [0.1, 0.15) is 37.0 Å². The molecule has 1 unspecified atom stereocenters. The molecule has 0 radical (unpaired) electrons. The Bertz CT molecular complexity index is 650. The highest BCUT2D eigenvalue weighted by atomic mass is 16.4. The highest BCUT2D eigenvalue weighted by Gasteiger charge is 2.33. The summed E-state index contributed by atoms with van der Waals surface area (Å²) >= 11 is 0. The van der Waals surface area contributed by atoms with Crippen molar-refractivity contribution < 1.29 is 14.7 Å². The van der Waals surface area contributed by atoms with E-state index in [1.165, 1.54) is 6.92 Å². The van der Waals surface area contributed by atoms with Gasteiger partial charge < -0.3 is 10.4 Å². The second kappa shape index (κ2) is 6.43. The van der Waals surface area contributed by atoms with Gasteiger partial charge in [-0.05, 0) is 43.7 Å². The summed E-state index contributed by atoms with van der Waals surface area (Å²) < 4.78 is 1.68. The third kappa shape index (κ3) is 3.33. The van der Waals surface area contributed by atoms with E-state index in [1.54, 1.807) is 41.3 Å². The zero-order valence-corrected chi connectivity index (χ0v) is 12.6. The number of hydrogen-bond donors (Lipinski definition) is 2. The molecule has 2 aromatic rings. The summed E-state index contributed by atoms with van der Waals surface area (Å²) in [5.41, 5.74) is -0.0115. The fraction of sp³-hybridized carbons (Fsp3) is 0.312. The SMILES string of the molecule is CCCC(C)(NC(=O)c1ccc(-n2cccn2)cc1)C(=O)O. The number of hydrogen-bond acceptors (Lipinski definition) is 3. The maximum atomic E-state index is 12.2. The van der Waals surface area contributed by atoms with Gasteiger partial charge in [0.1, 0.15) is 5.54 Å². The first kappa shape index (κ1) is 15.8. The largest absolute Gasteiger partial charge is 0.480 e. The first-order chi connectivity index (χ1) is 10.5. The Kier molecular flexibility index (Phi) is 4.60. The van der Waals surface area contributed by atoms with Gasteiger partial charge in [-0.1, -0.05) is 13.3 Å². The van der Waals surface area contributed by atoms with E-state index in [9.17, 15) is 14.7 Å². The van der Waals surface area contributed by atoms with Gasteiger partial charge in [0.25, 0.3) is 5.91 Å². The van der Waals surface area contributed by atoms with Crippen molar-refractivity contribution in [2.45, 2.75) is 32.2 Å². The maximum absolute atomic E-state index is 12.2. The molecule has 2 N–H and O–H groups in total. The number of aromatic nitrogens is 2. The number of nitrogens with zero attached hydrogens (tertiary/aromatic N) is 2. The number of rotatable bonds is 6. The van der Waals surface area contributed by atoms with Gasteiger partial charge in [-0.25, -0.2) is 9.48 Å². The molecule has 6 heteroatoms. The summed E-state index contributed by atoms with van der Waals surface area (Å²) in [4.78, 5) is 23.6. The Hall–Kier alpha value is -2.63. The number of carboxylic acids is 1. The Morgan fingerprint density at radius 3 is 2.50 bits per heavy atom. The molecular weight excluding hydrogens is 282 g/mol. The number of carbonyl (C=O) groups excluding carboxylic acids is 1. The molecule has 116 valence electrons. The Morgan fingerprint density at radius 2 is 2.00 bits per heavy atom. The summed E-state index contributed by atoms with van der Waals surface area (Å²) in [6.45, 7) is 3.40. The number of benzene rings is 1. The van der Waals surface area contributed by atoms with Crippen molar-refractivity contribution in [3.8, 4) is 5.69 Å². The van der Waals surface area contributed by atoms with Gasteiger partial charge in [-0.15, -0.1) is 0 Å². The quantitative estimate of drug-likeness (QED) is 0.857. The third-order valence-electron chi connectivity index (χ3n) is 3.51. The molecule has 2 rings (SSSR count). The van der Waals surface area contributed by atoms with Crippen LogP contribution in [0.25, 0.3) is 5.69 Å². The Morgan fingerprint density at radius 1 is 1.32 bits per heavy atom. The molecule has 22 heavy (non-hydrogen) atoms. The fourth-order valence-corrected chi connectivity index (χ4v) is 2.23. The van der Waals surface area contributed by atoms with Gasteiger partial charge in [0, 0.05) is 18.0 Å². The molecule has 1 atom stereocenters. The van der Waals surface area contributed by atoms with Crippen LogP contribution in [0.3, 0.4) is 0 Å². The van der Waals surface area contributed by atoms with Crippen LogP contribution in [0, 0.1) is 0 Å².